The number of methoxy groups -OCH3 is 1. The SMILES string of the molecule is COCC(N)C(=O)Nc1ccc(C(=O)NC2CCCCC2)cc1. The zero-order valence-corrected chi connectivity index (χ0v) is 13.5. The van der Waals surface area contributed by atoms with E-state index in [9.17, 15) is 9.59 Å². The predicted molar refractivity (Wildman–Crippen MR) is 89.3 cm³/mol. The van der Waals surface area contributed by atoms with Gasteiger partial charge in [0.15, 0.2) is 0 Å². The molecule has 1 aromatic rings. The fraction of sp³-hybridized carbons (Fsp3) is 0.529. The van der Waals surface area contributed by atoms with Crippen LogP contribution in [0.15, 0.2) is 24.3 Å². The van der Waals surface area contributed by atoms with E-state index in [2.05, 4.69) is 10.6 Å². The summed E-state index contributed by atoms with van der Waals surface area (Å²) < 4.78 is 4.85. The summed E-state index contributed by atoms with van der Waals surface area (Å²) >= 11 is 0. The lowest BCUT2D eigenvalue weighted by atomic mass is 9.95. The number of carbonyl (C=O) groups is 2. The van der Waals surface area contributed by atoms with Crippen LogP contribution < -0.4 is 16.4 Å². The van der Waals surface area contributed by atoms with Gasteiger partial charge in [0.25, 0.3) is 5.91 Å². The molecule has 1 aliphatic carbocycles. The van der Waals surface area contributed by atoms with Crippen LogP contribution in [0.2, 0.25) is 0 Å². The van der Waals surface area contributed by atoms with Crippen molar-refractivity contribution in [3.8, 4) is 0 Å². The predicted octanol–water partition coefficient (Wildman–Crippen LogP) is 1.66. The molecule has 6 nitrogen and oxygen atoms in total. The molecule has 2 amide bonds. The molecule has 1 aliphatic rings. The highest BCUT2D eigenvalue weighted by Gasteiger charge is 2.17. The number of anilines is 1. The second-order valence-electron chi connectivity index (χ2n) is 5.94. The Hall–Kier alpha value is -1.92. The molecule has 0 saturated heterocycles. The van der Waals surface area contributed by atoms with E-state index in [4.69, 9.17) is 10.5 Å². The quantitative estimate of drug-likeness (QED) is 0.743. The molecule has 1 aromatic carbocycles. The number of hydrogen-bond acceptors (Lipinski definition) is 4. The Morgan fingerprint density at radius 1 is 1.22 bits per heavy atom. The van der Waals surface area contributed by atoms with E-state index >= 15 is 0 Å². The van der Waals surface area contributed by atoms with Crippen LogP contribution in [0, 0.1) is 0 Å². The molecule has 6 heteroatoms. The number of rotatable bonds is 6. The maximum atomic E-state index is 12.2. The average Bonchev–Trinajstić information content (AvgIpc) is 2.56. The highest BCUT2D eigenvalue weighted by Crippen LogP contribution is 2.18. The smallest absolute Gasteiger partial charge is 0.251 e. The van der Waals surface area contributed by atoms with Crippen molar-refractivity contribution in [3.05, 3.63) is 29.8 Å². The molecule has 1 atom stereocenters. The van der Waals surface area contributed by atoms with Crippen molar-refractivity contribution in [2.24, 2.45) is 5.73 Å². The molecule has 1 unspecified atom stereocenters. The summed E-state index contributed by atoms with van der Waals surface area (Å²) in [6.45, 7) is 0.160. The average molecular weight is 319 g/mol. The van der Waals surface area contributed by atoms with Gasteiger partial charge in [-0.15, -0.1) is 0 Å². The number of nitrogens with two attached hydrogens (primary N) is 1. The van der Waals surface area contributed by atoms with Gasteiger partial charge in [-0.3, -0.25) is 9.59 Å². The first-order valence-corrected chi connectivity index (χ1v) is 8.06. The van der Waals surface area contributed by atoms with Crippen LogP contribution in [0.25, 0.3) is 0 Å². The van der Waals surface area contributed by atoms with Gasteiger partial charge in [-0.25, -0.2) is 0 Å². The van der Waals surface area contributed by atoms with Gasteiger partial charge in [-0.2, -0.15) is 0 Å². The largest absolute Gasteiger partial charge is 0.383 e. The van der Waals surface area contributed by atoms with Crippen LogP contribution in [0.4, 0.5) is 5.69 Å². The summed E-state index contributed by atoms with van der Waals surface area (Å²) in [6, 6.07) is 6.38. The van der Waals surface area contributed by atoms with Crippen molar-refractivity contribution in [2.75, 3.05) is 19.0 Å². The molecule has 4 N–H and O–H groups in total. The van der Waals surface area contributed by atoms with E-state index in [0.717, 1.165) is 12.8 Å². The summed E-state index contributed by atoms with van der Waals surface area (Å²) in [7, 11) is 1.49. The molecule has 0 aromatic heterocycles. The lowest BCUT2D eigenvalue weighted by Gasteiger charge is -2.22. The van der Waals surface area contributed by atoms with Crippen LogP contribution in [0.5, 0.6) is 0 Å². The summed E-state index contributed by atoms with van der Waals surface area (Å²) in [5, 5.41) is 5.77. The van der Waals surface area contributed by atoms with E-state index in [1.807, 2.05) is 0 Å². The van der Waals surface area contributed by atoms with Gasteiger partial charge in [0, 0.05) is 24.4 Å². The van der Waals surface area contributed by atoms with E-state index in [0.29, 0.717) is 11.3 Å². The molecule has 0 spiro atoms. The Balaban J connectivity index is 1.88. The molecule has 2 rings (SSSR count). The van der Waals surface area contributed by atoms with Gasteiger partial charge in [0.2, 0.25) is 5.91 Å². The van der Waals surface area contributed by atoms with Gasteiger partial charge >= 0.3 is 0 Å². The van der Waals surface area contributed by atoms with Gasteiger partial charge in [-0.05, 0) is 37.1 Å². The summed E-state index contributed by atoms with van der Waals surface area (Å²) in [5.41, 5.74) is 6.86. The lowest BCUT2D eigenvalue weighted by molar-refractivity contribution is -0.118. The van der Waals surface area contributed by atoms with E-state index in [1.165, 1.54) is 26.4 Å². The molecule has 1 saturated carbocycles. The maximum absolute atomic E-state index is 12.2. The zero-order valence-electron chi connectivity index (χ0n) is 13.5. The van der Waals surface area contributed by atoms with Gasteiger partial charge in [-0.1, -0.05) is 19.3 Å². The highest BCUT2D eigenvalue weighted by molar-refractivity contribution is 5.97. The Morgan fingerprint density at radius 3 is 2.48 bits per heavy atom. The fourth-order valence-electron chi connectivity index (χ4n) is 2.71. The molecular weight excluding hydrogens is 294 g/mol. The Bertz CT molecular complexity index is 524. The molecule has 1 fully saturated rings. The Labute approximate surface area is 136 Å². The van der Waals surface area contributed by atoms with Crippen LogP contribution in [0.3, 0.4) is 0 Å². The van der Waals surface area contributed by atoms with Crippen molar-refractivity contribution in [2.45, 2.75) is 44.2 Å². The van der Waals surface area contributed by atoms with Crippen LogP contribution in [-0.4, -0.2) is 37.6 Å². The third-order valence-corrected chi connectivity index (χ3v) is 4.04. The number of nitrogens with one attached hydrogen (secondary N) is 2. The fourth-order valence-corrected chi connectivity index (χ4v) is 2.71. The second-order valence-corrected chi connectivity index (χ2v) is 5.94. The number of hydrogen-bond donors (Lipinski definition) is 3. The summed E-state index contributed by atoms with van der Waals surface area (Å²) in [6.07, 6.45) is 5.72. The number of benzene rings is 1. The molecule has 0 bridgehead atoms. The van der Waals surface area contributed by atoms with Crippen molar-refractivity contribution in [3.63, 3.8) is 0 Å². The molecular formula is C17H25N3O3. The highest BCUT2D eigenvalue weighted by atomic mass is 16.5. The first kappa shape index (κ1) is 17.4. The molecule has 0 radical (unpaired) electrons. The van der Waals surface area contributed by atoms with E-state index in [1.54, 1.807) is 24.3 Å². The first-order valence-electron chi connectivity index (χ1n) is 8.06. The van der Waals surface area contributed by atoms with E-state index in [-0.39, 0.29) is 24.5 Å². The third-order valence-electron chi connectivity index (χ3n) is 4.04. The van der Waals surface area contributed by atoms with Crippen molar-refractivity contribution in [1.29, 1.82) is 0 Å². The van der Waals surface area contributed by atoms with Crippen molar-refractivity contribution in [1.82, 2.24) is 5.32 Å². The van der Waals surface area contributed by atoms with Crippen LogP contribution in [0.1, 0.15) is 42.5 Å². The Morgan fingerprint density at radius 2 is 1.87 bits per heavy atom. The third kappa shape index (κ3) is 5.33. The minimum atomic E-state index is -0.714. The van der Waals surface area contributed by atoms with Crippen LogP contribution >= 0.6 is 0 Å². The molecule has 0 aliphatic heterocycles. The number of carbonyl (C=O) groups excluding carboxylic acids is 2. The molecule has 23 heavy (non-hydrogen) atoms. The van der Waals surface area contributed by atoms with E-state index < -0.39 is 6.04 Å². The minimum Gasteiger partial charge on any atom is -0.383 e. The molecule has 126 valence electrons. The Kier molecular flexibility index (Phi) is 6.55. The van der Waals surface area contributed by atoms with Gasteiger partial charge < -0.3 is 21.1 Å². The zero-order chi connectivity index (χ0) is 16.7. The van der Waals surface area contributed by atoms with Crippen molar-refractivity contribution < 1.29 is 14.3 Å². The lowest BCUT2D eigenvalue weighted by Crippen LogP contribution is -2.39. The van der Waals surface area contributed by atoms with Gasteiger partial charge in [0.1, 0.15) is 6.04 Å². The topological polar surface area (TPSA) is 93.4 Å². The number of amides is 2. The van der Waals surface area contributed by atoms with Crippen LogP contribution in [-0.2, 0) is 9.53 Å². The standard InChI is InChI=1S/C17H25N3O3/c1-23-11-15(18)17(22)20-14-9-7-12(8-10-14)16(21)19-13-5-3-2-4-6-13/h7-10,13,15H,2-6,11,18H2,1H3,(H,19,21)(H,20,22). The number of ether oxygens (including phenoxy) is 1. The summed E-state index contributed by atoms with van der Waals surface area (Å²) in [5.74, 6) is -0.378. The van der Waals surface area contributed by atoms with Crippen molar-refractivity contribution >= 4 is 17.5 Å². The molecule has 0 heterocycles. The summed E-state index contributed by atoms with van der Waals surface area (Å²) in [4.78, 5) is 24.0. The van der Waals surface area contributed by atoms with Gasteiger partial charge in [0.05, 0.1) is 6.61 Å². The minimum absolute atomic E-state index is 0.0640. The monoisotopic (exact) mass is 319 g/mol. The maximum Gasteiger partial charge on any atom is 0.251 e. The normalized spacial score (nSPS) is 16.6. The first-order chi connectivity index (χ1) is 11.1. The second kappa shape index (κ2) is 8.64.